The highest BCUT2D eigenvalue weighted by Crippen LogP contribution is 2.25. The molecule has 1 fully saturated rings. The molecule has 2 unspecified atom stereocenters. The van der Waals surface area contributed by atoms with Crippen molar-refractivity contribution < 1.29 is 13.2 Å². The average Bonchev–Trinajstić information content (AvgIpc) is 2.84. The molecule has 1 heterocycles. The minimum Gasteiger partial charge on any atom is -0.377 e. The summed E-state index contributed by atoms with van der Waals surface area (Å²) in [4.78, 5) is 0.289. The maximum absolute atomic E-state index is 12.6. The Hall–Kier alpha value is -0.950. The molecular formula is C13H20N2O3S. The zero-order chi connectivity index (χ0) is 14.0. The van der Waals surface area contributed by atoms with Gasteiger partial charge in [-0.15, -0.1) is 0 Å². The Bertz CT molecular complexity index is 545. The van der Waals surface area contributed by atoms with Crippen molar-refractivity contribution in [3.8, 4) is 0 Å². The Balaban J connectivity index is 2.30. The average molecular weight is 284 g/mol. The van der Waals surface area contributed by atoms with Crippen LogP contribution in [-0.2, 0) is 21.3 Å². The van der Waals surface area contributed by atoms with Crippen molar-refractivity contribution in [2.24, 2.45) is 5.73 Å². The highest BCUT2D eigenvalue weighted by Gasteiger charge is 2.35. The number of nitrogens with two attached hydrogens (primary N) is 1. The van der Waals surface area contributed by atoms with Gasteiger partial charge in [0.2, 0.25) is 10.0 Å². The van der Waals surface area contributed by atoms with Gasteiger partial charge in [-0.3, -0.25) is 0 Å². The summed E-state index contributed by atoms with van der Waals surface area (Å²) in [5.41, 5.74) is 6.36. The molecule has 0 bridgehead atoms. The number of ether oxygens (including phenoxy) is 1. The molecule has 0 saturated carbocycles. The van der Waals surface area contributed by atoms with E-state index in [0.717, 1.165) is 12.0 Å². The van der Waals surface area contributed by atoms with Crippen molar-refractivity contribution in [1.82, 2.24) is 4.31 Å². The molecule has 1 aromatic carbocycles. The van der Waals surface area contributed by atoms with Gasteiger partial charge in [-0.05, 0) is 31.0 Å². The van der Waals surface area contributed by atoms with Crippen LogP contribution in [0.3, 0.4) is 0 Å². The lowest BCUT2D eigenvalue weighted by Gasteiger charge is -2.26. The quantitative estimate of drug-likeness (QED) is 0.893. The van der Waals surface area contributed by atoms with E-state index in [4.69, 9.17) is 10.5 Å². The second kappa shape index (κ2) is 5.58. The second-order valence-electron chi connectivity index (χ2n) is 4.80. The van der Waals surface area contributed by atoms with Crippen molar-refractivity contribution in [1.29, 1.82) is 0 Å². The molecule has 1 aliphatic heterocycles. The molecular weight excluding hydrogens is 264 g/mol. The third kappa shape index (κ3) is 2.81. The number of hydrogen-bond donors (Lipinski definition) is 1. The van der Waals surface area contributed by atoms with Crippen LogP contribution >= 0.6 is 0 Å². The Morgan fingerprint density at radius 2 is 2.21 bits per heavy atom. The summed E-state index contributed by atoms with van der Waals surface area (Å²) in [6.07, 6.45) is 0.658. The maximum Gasteiger partial charge on any atom is 0.243 e. The molecule has 2 N–H and O–H groups in total. The van der Waals surface area contributed by atoms with E-state index in [9.17, 15) is 8.42 Å². The van der Waals surface area contributed by atoms with Gasteiger partial charge in [-0.25, -0.2) is 8.42 Å². The molecule has 1 aliphatic rings. The number of likely N-dealkylation sites (N-methyl/N-ethyl adjacent to an activating group) is 1. The molecule has 0 spiro atoms. The van der Waals surface area contributed by atoms with Crippen LogP contribution in [0.25, 0.3) is 0 Å². The van der Waals surface area contributed by atoms with Gasteiger partial charge in [0.25, 0.3) is 0 Å². The number of nitrogens with zero attached hydrogens (tertiary/aromatic N) is 1. The van der Waals surface area contributed by atoms with E-state index < -0.39 is 10.0 Å². The first-order chi connectivity index (χ1) is 8.96. The van der Waals surface area contributed by atoms with Crippen LogP contribution in [0.4, 0.5) is 0 Å². The van der Waals surface area contributed by atoms with Crippen molar-refractivity contribution in [3.05, 3.63) is 29.8 Å². The van der Waals surface area contributed by atoms with E-state index in [0.29, 0.717) is 13.2 Å². The van der Waals surface area contributed by atoms with Crippen LogP contribution in [0.5, 0.6) is 0 Å². The molecule has 0 radical (unpaired) electrons. The third-order valence-corrected chi connectivity index (χ3v) is 5.49. The van der Waals surface area contributed by atoms with Crippen molar-refractivity contribution in [3.63, 3.8) is 0 Å². The summed E-state index contributed by atoms with van der Waals surface area (Å²) in [5, 5.41) is 0. The summed E-state index contributed by atoms with van der Waals surface area (Å²) in [5.74, 6) is 0. The minimum absolute atomic E-state index is 0.0718. The highest BCUT2D eigenvalue weighted by molar-refractivity contribution is 7.89. The van der Waals surface area contributed by atoms with Crippen LogP contribution in [0.1, 0.15) is 18.9 Å². The predicted octanol–water partition coefficient (Wildman–Crippen LogP) is 0.943. The first kappa shape index (κ1) is 14.5. The van der Waals surface area contributed by atoms with Crippen molar-refractivity contribution in [2.45, 2.75) is 36.9 Å². The van der Waals surface area contributed by atoms with Crippen molar-refractivity contribution >= 4 is 10.0 Å². The fourth-order valence-corrected chi connectivity index (χ4v) is 3.89. The normalized spacial score (nSPS) is 24.0. The van der Waals surface area contributed by atoms with E-state index in [1.165, 1.54) is 4.31 Å². The predicted molar refractivity (Wildman–Crippen MR) is 73.1 cm³/mol. The molecule has 0 aromatic heterocycles. The van der Waals surface area contributed by atoms with E-state index in [1.54, 1.807) is 25.2 Å². The van der Waals surface area contributed by atoms with Crippen LogP contribution in [-0.4, -0.2) is 38.5 Å². The van der Waals surface area contributed by atoms with Gasteiger partial charge in [0, 0.05) is 20.2 Å². The maximum atomic E-state index is 12.6. The first-order valence-electron chi connectivity index (χ1n) is 6.35. The van der Waals surface area contributed by atoms with Gasteiger partial charge in [0.05, 0.1) is 17.0 Å². The summed E-state index contributed by atoms with van der Waals surface area (Å²) in [7, 11) is -1.88. The smallest absolute Gasteiger partial charge is 0.243 e. The fourth-order valence-electron chi connectivity index (χ4n) is 2.38. The zero-order valence-electron chi connectivity index (χ0n) is 11.2. The van der Waals surface area contributed by atoms with Gasteiger partial charge in [0.1, 0.15) is 0 Å². The summed E-state index contributed by atoms with van der Waals surface area (Å²) in [6.45, 7) is 2.84. The van der Waals surface area contributed by atoms with E-state index in [2.05, 4.69) is 0 Å². The molecule has 6 heteroatoms. The number of sulfonamides is 1. The number of benzene rings is 1. The Labute approximate surface area is 114 Å². The molecule has 19 heavy (non-hydrogen) atoms. The molecule has 1 aromatic rings. The van der Waals surface area contributed by atoms with E-state index >= 15 is 0 Å². The zero-order valence-corrected chi connectivity index (χ0v) is 12.1. The van der Waals surface area contributed by atoms with Gasteiger partial charge in [-0.1, -0.05) is 12.1 Å². The van der Waals surface area contributed by atoms with Crippen molar-refractivity contribution in [2.75, 3.05) is 13.7 Å². The van der Waals surface area contributed by atoms with Gasteiger partial charge in [0.15, 0.2) is 0 Å². The van der Waals surface area contributed by atoms with Crippen LogP contribution in [0, 0.1) is 0 Å². The van der Waals surface area contributed by atoms with Crippen LogP contribution in [0.15, 0.2) is 29.2 Å². The Morgan fingerprint density at radius 3 is 2.79 bits per heavy atom. The lowest BCUT2D eigenvalue weighted by molar-refractivity contribution is 0.102. The standard InChI is InChI=1S/C13H20N2O3S/c1-10-13(6-7-18-10)15(2)19(16,17)12-5-3-4-11(8-12)9-14/h3-5,8,10,13H,6-7,9,14H2,1-2H3. The SMILES string of the molecule is CC1OCCC1N(C)S(=O)(=O)c1cccc(CN)c1. The second-order valence-corrected chi connectivity index (χ2v) is 6.80. The monoisotopic (exact) mass is 284 g/mol. The lowest BCUT2D eigenvalue weighted by Crippen LogP contribution is -2.40. The fraction of sp³-hybridized carbons (Fsp3) is 0.538. The minimum atomic E-state index is -3.49. The van der Waals surface area contributed by atoms with Gasteiger partial charge >= 0.3 is 0 Å². The molecule has 1 saturated heterocycles. The molecule has 5 nitrogen and oxygen atoms in total. The van der Waals surface area contributed by atoms with Gasteiger partial charge in [-0.2, -0.15) is 4.31 Å². The van der Waals surface area contributed by atoms with E-state index in [1.807, 2.05) is 13.0 Å². The van der Waals surface area contributed by atoms with Crippen LogP contribution < -0.4 is 5.73 Å². The number of rotatable bonds is 4. The summed E-state index contributed by atoms with van der Waals surface area (Å²) < 4.78 is 32.0. The largest absolute Gasteiger partial charge is 0.377 e. The van der Waals surface area contributed by atoms with Crippen LogP contribution in [0.2, 0.25) is 0 Å². The Kier molecular flexibility index (Phi) is 4.25. The topological polar surface area (TPSA) is 72.6 Å². The number of hydrogen-bond acceptors (Lipinski definition) is 4. The third-order valence-electron chi connectivity index (χ3n) is 3.61. The first-order valence-corrected chi connectivity index (χ1v) is 7.79. The molecule has 2 rings (SSSR count). The molecule has 2 atom stereocenters. The lowest BCUT2D eigenvalue weighted by atomic mass is 10.2. The molecule has 0 amide bonds. The van der Waals surface area contributed by atoms with E-state index in [-0.39, 0.29) is 17.0 Å². The Morgan fingerprint density at radius 1 is 1.47 bits per heavy atom. The highest BCUT2D eigenvalue weighted by atomic mass is 32.2. The molecule has 106 valence electrons. The summed E-state index contributed by atoms with van der Waals surface area (Å²) >= 11 is 0. The molecule has 0 aliphatic carbocycles. The van der Waals surface area contributed by atoms with Gasteiger partial charge < -0.3 is 10.5 Å². The summed E-state index contributed by atoms with van der Waals surface area (Å²) in [6, 6.07) is 6.67.